The quantitative estimate of drug-likeness (QED) is 0.755. The molecule has 3 rings (SSSR count). The molecule has 0 aromatic heterocycles. The minimum Gasteiger partial charge on any atom is -0.494 e. The second-order valence-electron chi connectivity index (χ2n) is 6.95. The van der Waals surface area contributed by atoms with Crippen LogP contribution in [0, 0.1) is 26.6 Å². The van der Waals surface area contributed by atoms with Crippen molar-refractivity contribution in [2.24, 2.45) is 0 Å². The zero-order chi connectivity index (χ0) is 19.8. The number of nitrogens with zero attached hydrogens (tertiary/aromatic N) is 1. The number of rotatable bonds is 6. The van der Waals surface area contributed by atoms with Gasteiger partial charge in [-0.15, -0.1) is 0 Å². The fourth-order valence-electron chi connectivity index (χ4n) is 3.42. The van der Waals surface area contributed by atoms with Gasteiger partial charge in [-0.2, -0.15) is 4.31 Å². The molecule has 1 fully saturated rings. The smallest absolute Gasteiger partial charge is 0.243 e. The first kappa shape index (κ1) is 19.8. The van der Waals surface area contributed by atoms with Crippen LogP contribution in [0.4, 0.5) is 4.39 Å². The summed E-state index contributed by atoms with van der Waals surface area (Å²) in [5, 5.41) is 0. The van der Waals surface area contributed by atoms with E-state index in [1.165, 1.54) is 17.5 Å². The van der Waals surface area contributed by atoms with E-state index in [2.05, 4.69) is 0 Å². The average Bonchev–Trinajstić information content (AvgIpc) is 2.51. The Balaban J connectivity index is 1.61. The molecule has 1 aliphatic heterocycles. The molecule has 0 aliphatic carbocycles. The van der Waals surface area contributed by atoms with Crippen molar-refractivity contribution < 1.29 is 22.3 Å². The molecule has 146 valence electrons. The average molecular weight is 393 g/mol. The number of aryl methyl sites for hydroxylation is 3. The number of methoxy groups -OCH3 is 1. The van der Waals surface area contributed by atoms with Gasteiger partial charge in [-0.05, 0) is 49.6 Å². The van der Waals surface area contributed by atoms with Crippen molar-refractivity contribution in [1.29, 1.82) is 0 Å². The van der Waals surface area contributed by atoms with Crippen molar-refractivity contribution in [3.63, 3.8) is 0 Å². The molecule has 0 N–H and O–H groups in total. The monoisotopic (exact) mass is 393 g/mol. The van der Waals surface area contributed by atoms with Gasteiger partial charge in [-0.25, -0.2) is 12.8 Å². The number of hydrogen-bond donors (Lipinski definition) is 0. The zero-order valence-corrected chi connectivity index (χ0v) is 16.8. The lowest BCUT2D eigenvalue weighted by Crippen LogP contribution is -2.54. The third kappa shape index (κ3) is 4.00. The van der Waals surface area contributed by atoms with E-state index in [4.69, 9.17) is 9.47 Å². The Kier molecular flexibility index (Phi) is 5.55. The van der Waals surface area contributed by atoms with Crippen LogP contribution in [-0.2, 0) is 21.4 Å². The summed E-state index contributed by atoms with van der Waals surface area (Å²) in [6.07, 6.45) is -0.198. The van der Waals surface area contributed by atoms with E-state index < -0.39 is 15.8 Å². The first-order valence-electron chi connectivity index (χ1n) is 8.74. The summed E-state index contributed by atoms with van der Waals surface area (Å²) in [6, 6.07) is 8.41. The van der Waals surface area contributed by atoms with Crippen molar-refractivity contribution in [3.05, 3.63) is 58.4 Å². The van der Waals surface area contributed by atoms with Gasteiger partial charge in [0.1, 0.15) is 0 Å². The van der Waals surface area contributed by atoms with Crippen LogP contribution >= 0.6 is 0 Å². The van der Waals surface area contributed by atoms with Crippen LogP contribution in [0.25, 0.3) is 0 Å². The molecule has 1 saturated heterocycles. The van der Waals surface area contributed by atoms with E-state index in [1.807, 2.05) is 32.9 Å². The summed E-state index contributed by atoms with van der Waals surface area (Å²) in [5.41, 5.74) is 3.23. The van der Waals surface area contributed by atoms with E-state index >= 15 is 0 Å². The molecule has 27 heavy (non-hydrogen) atoms. The Morgan fingerprint density at radius 2 is 1.74 bits per heavy atom. The van der Waals surface area contributed by atoms with Crippen molar-refractivity contribution >= 4 is 10.0 Å². The lowest BCUT2D eigenvalue weighted by atomic mass is 10.1. The minimum atomic E-state index is -3.54. The molecule has 1 heterocycles. The summed E-state index contributed by atoms with van der Waals surface area (Å²) in [6.45, 7) is 6.41. The van der Waals surface area contributed by atoms with Gasteiger partial charge in [0.05, 0.1) is 24.7 Å². The third-order valence-corrected chi connectivity index (χ3v) is 6.86. The van der Waals surface area contributed by atoms with Gasteiger partial charge in [0.15, 0.2) is 11.6 Å². The Labute approximate surface area is 159 Å². The lowest BCUT2D eigenvalue weighted by molar-refractivity contribution is -0.0296. The Morgan fingerprint density at radius 3 is 2.30 bits per heavy atom. The second kappa shape index (κ2) is 7.58. The Hall–Kier alpha value is -1.96. The highest BCUT2D eigenvalue weighted by molar-refractivity contribution is 7.89. The number of ether oxygens (including phenoxy) is 2. The van der Waals surface area contributed by atoms with Crippen LogP contribution in [0.5, 0.6) is 5.75 Å². The van der Waals surface area contributed by atoms with Crippen molar-refractivity contribution in [3.8, 4) is 5.75 Å². The first-order valence-corrected chi connectivity index (χ1v) is 10.2. The van der Waals surface area contributed by atoms with Gasteiger partial charge < -0.3 is 9.47 Å². The molecular formula is C20H24FNO4S. The van der Waals surface area contributed by atoms with Gasteiger partial charge in [0.25, 0.3) is 0 Å². The topological polar surface area (TPSA) is 55.8 Å². The molecule has 0 spiro atoms. The van der Waals surface area contributed by atoms with Crippen LogP contribution in [0.15, 0.2) is 35.2 Å². The van der Waals surface area contributed by atoms with Gasteiger partial charge in [-0.3, -0.25) is 0 Å². The maximum Gasteiger partial charge on any atom is 0.243 e. The first-order chi connectivity index (χ1) is 12.7. The number of sulfonamides is 1. The van der Waals surface area contributed by atoms with Crippen LogP contribution in [0.2, 0.25) is 0 Å². The predicted octanol–water partition coefficient (Wildman–Crippen LogP) is 3.35. The summed E-state index contributed by atoms with van der Waals surface area (Å²) in [5.74, 6) is -0.259. The molecule has 0 atom stereocenters. The fraction of sp³-hybridized carbons (Fsp3) is 0.400. The molecule has 0 amide bonds. The predicted molar refractivity (Wildman–Crippen MR) is 101 cm³/mol. The summed E-state index contributed by atoms with van der Waals surface area (Å²) >= 11 is 0. The molecule has 0 unspecified atom stereocenters. The van der Waals surface area contributed by atoms with Gasteiger partial charge in [0.2, 0.25) is 10.0 Å². The number of halogens is 1. The lowest BCUT2D eigenvalue weighted by Gasteiger charge is -2.38. The van der Waals surface area contributed by atoms with Crippen molar-refractivity contribution in [2.75, 3.05) is 20.2 Å². The van der Waals surface area contributed by atoms with Gasteiger partial charge in [0, 0.05) is 13.1 Å². The summed E-state index contributed by atoms with van der Waals surface area (Å²) in [7, 11) is -2.12. The number of benzene rings is 2. The molecule has 5 nitrogen and oxygen atoms in total. The highest BCUT2D eigenvalue weighted by atomic mass is 32.2. The highest BCUT2D eigenvalue weighted by Gasteiger charge is 2.38. The third-order valence-electron chi connectivity index (χ3n) is 4.72. The molecule has 7 heteroatoms. The second-order valence-corrected chi connectivity index (χ2v) is 8.83. The standard InChI is InChI=1S/C20H24FNO4S/c1-13-7-14(2)20(15(3)8-13)27(23,24)22-10-17(11-22)26-12-16-5-6-19(25-4)18(21)9-16/h5-9,17H,10-12H2,1-4H3. The highest BCUT2D eigenvalue weighted by Crippen LogP contribution is 2.29. The van der Waals surface area contributed by atoms with E-state index in [-0.39, 0.29) is 18.5 Å². The summed E-state index contributed by atoms with van der Waals surface area (Å²) in [4.78, 5) is 0.378. The summed E-state index contributed by atoms with van der Waals surface area (Å²) < 4.78 is 51.6. The van der Waals surface area contributed by atoms with Crippen molar-refractivity contribution in [1.82, 2.24) is 4.31 Å². The van der Waals surface area contributed by atoms with Crippen molar-refractivity contribution in [2.45, 2.75) is 38.4 Å². The normalized spacial score (nSPS) is 15.6. The molecule has 0 bridgehead atoms. The Bertz CT molecular complexity index is 929. The van der Waals surface area contributed by atoms with Gasteiger partial charge >= 0.3 is 0 Å². The molecule has 0 saturated carbocycles. The Morgan fingerprint density at radius 1 is 1.11 bits per heavy atom. The largest absolute Gasteiger partial charge is 0.494 e. The van der Waals surface area contributed by atoms with Crippen LogP contribution < -0.4 is 4.74 Å². The van der Waals surface area contributed by atoms with E-state index in [9.17, 15) is 12.8 Å². The number of hydrogen-bond acceptors (Lipinski definition) is 4. The maximum absolute atomic E-state index is 13.7. The molecular weight excluding hydrogens is 369 g/mol. The maximum atomic E-state index is 13.7. The molecule has 0 radical (unpaired) electrons. The zero-order valence-electron chi connectivity index (χ0n) is 16.0. The fourth-order valence-corrected chi connectivity index (χ4v) is 5.33. The van der Waals surface area contributed by atoms with Crippen LogP contribution in [0.3, 0.4) is 0 Å². The molecule has 2 aromatic rings. The van der Waals surface area contributed by atoms with Crippen LogP contribution in [-0.4, -0.2) is 39.0 Å². The minimum absolute atomic E-state index is 0.184. The molecule has 2 aromatic carbocycles. The van der Waals surface area contributed by atoms with Gasteiger partial charge in [-0.1, -0.05) is 23.8 Å². The SMILES string of the molecule is COc1ccc(COC2CN(S(=O)(=O)c3c(C)cc(C)cc3C)C2)cc1F. The van der Waals surface area contributed by atoms with E-state index in [0.717, 1.165) is 16.7 Å². The van der Waals surface area contributed by atoms with Crippen LogP contribution in [0.1, 0.15) is 22.3 Å². The van der Waals surface area contributed by atoms with E-state index in [1.54, 1.807) is 12.1 Å². The molecule has 1 aliphatic rings. The van der Waals surface area contributed by atoms with E-state index in [0.29, 0.717) is 23.5 Å².